The number of hydrogen-bond donors (Lipinski definition) is 1. The number of aryl methyl sites for hydroxylation is 2. The van der Waals surface area contributed by atoms with Crippen molar-refractivity contribution in [2.75, 3.05) is 11.9 Å². The van der Waals surface area contributed by atoms with Gasteiger partial charge in [0.2, 0.25) is 5.91 Å². The maximum atomic E-state index is 13.2. The molecule has 2 aromatic rings. The molecule has 29 heavy (non-hydrogen) atoms. The van der Waals surface area contributed by atoms with Gasteiger partial charge < -0.3 is 10.2 Å². The van der Waals surface area contributed by atoms with Gasteiger partial charge in [-0.15, -0.1) is 4.40 Å². The number of rotatable bonds is 2. The van der Waals surface area contributed by atoms with E-state index in [4.69, 9.17) is 0 Å². The summed E-state index contributed by atoms with van der Waals surface area (Å²) in [5.74, 6) is 0.293. The van der Waals surface area contributed by atoms with Crippen molar-refractivity contribution in [3.05, 3.63) is 59.2 Å². The van der Waals surface area contributed by atoms with E-state index < -0.39 is 16.1 Å². The first-order chi connectivity index (χ1) is 14.0. The maximum Gasteiger partial charge on any atom is 0.285 e. The number of amides is 1. The number of fused-ring (bicyclic) bond motifs is 2. The number of benzene rings is 2. The number of carbonyl (C=O) groups is 1. The second-order valence-corrected chi connectivity index (χ2v) is 9.49. The molecule has 0 aromatic heterocycles. The number of nitrogens with one attached hydrogen (secondary N) is 1. The second kappa shape index (κ2) is 6.99. The van der Waals surface area contributed by atoms with Crippen LogP contribution in [0.3, 0.4) is 0 Å². The van der Waals surface area contributed by atoms with Gasteiger partial charge in [-0.3, -0.25) is 4.79 Å². The third-order valence-corrected chi connectivity index (χ3v) is 7.38. The summed E-state index contributed by atoms with van der Waals surface area (Å²) in [4.78, 5) is 15.2. The van der Waals surface area contributed by atoms with Gasteiger partial charge in [-0.2, -0.15) is 8.42 Å². The standard InChI is InChI=1S/C22H23N3O3S/c26-22(23-17-12-11-15-6-5-7-16(15)14-17)19-9-3-4-13-25(19)21-18-8-1-2-10-20(18)29(27,28)24-21/h1-2,8,10-12,14,19H,3-7,9,13H2,(H,23,26)/t19-/m1/s1. The summed E-state index contributed by atoms with van der Waals surface area (Å²) < 4.78 is 29.0. The molecule has 0 radical (unpaired) electrons. The van der Waals surface area contributed by atoms with E-state index >= 15 is 0 Å². The number of anilines is 1. The highest BCUT2D eigenvalue weighted by atomic mass is 32.2. The molecular formula is C22H23N3O3S. The van der Waals surface area contributed by atoms with E-state index in [0.29, 0.717) is 24.4 Å². The third kappa shape index (κ3) is 3.23. The van der Waals surface area contributed by atoms with E-state index in [0.717, 1.165) is 37.8 Å². The zero-order valence-corrected chi connectivity index (χ0v) is 16.9. The lowest BCUT2D eigenvalue weighted by Gasteiger charge is -2.36. The lowest BCUT2D eigenvalue weighted by Crippen LogP contribution is -2.50. The molecule has 1 N–H and O–H groups in total. The molecule has 0 saturated carbocycles. The van der Waals surface area contributed by atoms with E-state index in [9.17, 15) is 13.2 Å². The Balaban J connectivity index is 1.43. The molecule has 2 heterocycles. The lowest BCUT2D eigenvalue weighted by atomic mass is 9.99. The Morgan fingerprint density at radius 1 is 1.03 bits per heavy atom. The molecule has 0 bridgehead atoms. The average Bonchev–Trinajstić information content (AvgIpc) is 3.30. The number of carbonyl (C=O) groups excluding carboxylic acids is 1. The molecular weight excluding hydrogens is 386 g/mol. The summed E-state index contributed by atoms with van der Waals surface area (Å²) >= 11 is 0. The summed E-state index contributed by atoms with van der Waals surface area (Å²) in [6, 6.07) is 12.5. The molecule has 150 valence electrons. The fourth-order valence-electron chi connectivity index (χ4n) is 4.63. The van der Waals surface area contributed by atoms with E-state index in [1.807, 2.05) is 11.0 Å². The zero-order valence-electron chi connectivity index (χ0n) is 16.1. The van der Waals surface area contributed by atoms with E-state index in [1.165, 1.54) is 11.1 Å². The topological polar surface area (TPSA) is 78.8 Å². The monoisotopic (exact) mass is 409 g/mol. The first-order valence-corrected chi connectivity index (χ1v) is 11.6. The lowest BCUT2D eigenvalue weighted by molar-refractivity contribution is -0.120. The Kier molecular flexibility index (Phi) is 4.42. The minimum atomic E-state index is -3.70. The average molecular weight is 410 g/mol. The van der Waals surface area contributed by atoms with Gasteiger partial charge in [0.25, 0.3) is 10.0 Å². The summed E-state index contributed by atoms with van der Waals surface area (Å²) in [5, 5.41) is 3.05. The van der Waals surface area contributed by atoms with Crippen LogP contribution in [-0.2, 0) is 27.7 Å². The molecule has 1 fully saturated rings. The summed E-state index contributed by atoms with van der Waals surface area (Å²) in [6.07, 6.45) is 5.84. The van der Waals surface area contributed by atoms with Crippen molar-refractivity contribution in [2.24, 2.45) is 4.40 Å². The second-order valence-electron chi connectivity index (χ2n) is 7.92. The highest BCUT2D eigenvalue weighted by Gasteiger charge is 2.38. The normalized spacial score (nSPS) is 22.0. The van der Waals surface area contributed by atoms with Crippen LogP contribution < -0.4 is 5.32 Å². The molecule has 1 amide bonds. The number of hydrogen-bond acceptors (Lipinski definition) is 4. The summed E-state index contributed by atoms with van der Waals surface area (Å²) in [6.45, 7) is 0.616. The molecule has 1 saturated heterocycles. The Bertz CT molecular complexity index is 1120. The maximum absolute atomic E-state index is 13.2. The van der Waals surface area contributed by atoms with Crippen molar-refractivity contribution in [2.45, 2.75) is 49.5 Å². The van der Waals surface area contributed by atoms with Gasteiger partial charge in [0.05, 0.1) is 0 Å². The van der Waals surface area contributed by atoms with Crippen LogP contribution in [0.2, 0.25) is 0 Å². The fraction of sp³-hybridized carbons (Fsp3) is 0.364. The number of piperidine rings is 1. The number of likely N-dealkylation sites (tertiary alicyclic amines) is 1. The Morgan fingerprint density at radius 2 is 1.86 bits per heavy atom. The highest BCUT2D eigenvalue weighted by Crippen LogP contribution is 2.31. The molecule has 2 aromatic carbocycles. The van der Waals surface area contributed by atoms with Gasteiger partial charge in [-0.1, -0.05) is 18.2 Å². The number of amidine groups is 1. The molecule has 2 aliphatic heterocycles. The minimum Gasteiger partial charge on any atom is -0.343 e. The van der Waals surface area contributed by atoms with Gasteiger partial charge in [0.15, 0.2) is 5.84 Å². The van der Waals surface area contributed by atoms with E-state index in [2.05, 4.69) is 21.8 Å². The summed E-state index contributed by atoms with van der Waals surface area (Å²) in [7, 11) is -3.70. The molecule has 0 spiro atoms. The first-order valence-electron chi connectivity index (χ1n) is 10.2. The molecule has 3 aliphatic rings. The SMILES string of the molecule is O=C(Nc1ccc2c(c1)CCC2)[C@H]1CCCCN1C1=NS(=O)(=O)c2ccccc21. The van der Waals surface area contributed by atoms with E-state index in [1.54, 1.807) is 24.3 Å². The van der Waals surface area contributed by atoms with Gasteiger partial charge in [0, 0.05) is 17.8 Å². The molecule has 1 aliphatic carbocycles. The van der Waals surface area contributed by atoms with Crippen molar-refractivity contribution in [3.63, 3.8) is 0 Å². The van der Waals surface area contributed by atoms with Crippen LogP contribution >= 0.6 is 0 Å². The zero-order chi connectivity index (χ0) is 20.0. The van der Waals surface area contributed by atoms with Crippen molar-refractivity contribution >= 4 is 27.5 Å². The largest absolute Gasteiger partial charge is 0.343 e. The van der Waals surface area contributed by atoms with Crippen LogP contribution in [0.4, 0.5) is 5.69 Å². The molecule has 0 unspecified atom stereocenters. The van der Waals surface area contributed by atoms with E-state index in [-0.39, 0.29) is 10.8 Å². The molecule has 7 heteroatoms. The quantitative estimate of drug-likeness (QED) is 0.827. The molecule has 6 nitrogen and oxygen atoms in total. The Morgan fingerprint density at radius 3 is 2.76 bits per heavy atom. The van der Waals surface area contributed by atoms with Crippen LogP contribution in [-0.4, -0.2) is 37.6 Å². The Labute approximate surface area is 170 Å². The predicted octanol–water partition coefficient (Wildman–Crippen LogP) is 3.12. The van der Waals surface area contributed by atoms with Crippen LogP contribution in [0.1, 0.15) is 42.4 Å². The highest BCUT2D eigenvalue weighted by molar-refractivity contribution is 7.90. The number of nitrogens with zero attached hydrogens (tertiary/aromatic N) is 2. The van der Waals surface area contributed by atoms with Crippen molar-refractivity contribution in [1.82, 2.24) is 4.90 Å². The Hall–Kier alpha value is -2.67. The fourth-order valence-corrected chi connectivity index (χ4v) is 5.85. The molecule has 1 atom stereocenters. The third-order valence-electron chi connectivity index (χ3n) is 6.06. The van der Waals surface area contributed by atoms with Gasteiger partial charge in [-0.25, -0.2) is 0 Å². The van der Waals surface area contributed by atoms with Crippen LogP contribution in [0.5, 0.6) is 0 Å². The minimum absolute atomic E-state index is 0.105. The van der Waals surface area contributed by atoms with Gasteiger partial charge in [-0.05, 0) is 73.9 Å². The van der Waals surface area contributed by atoms with Crippen LogP contribution in [0.15, 0.2) is 51.8 Å². The van der Waals surface area contributed by atoms with Crippen LogP contribution in [0.25, 0.3) is 0 Å². The smallest absolute Gasteiger partial charge is 0.285 e. The first kappa shape index (κ1) is 18.4. The van der Waals surface area contributed by atoms with Crippen LogP contribution in [0, 0.1) is 0 Å². The molecule has 5 rings (SSSR count). The number of sulfonamides is 1. The predicted molar refractivity (Wildman–Crippen MR) is 112 cm³/mol. The van der Waals surface area contributed by atoms with Crippen molar-refractivity contribution in [3.8, 4) is 0 Å². The van der Waals surface area contributed by atoms with Crippen molar-refractivity contribution < 1.29 is 13.2 Å². The van der Waals surface area contributed by atoms with Gasteiger partial charge in [0.1, 0.15) is 10.9 Å². The van der Waals surface area contributed by atoms with Gasteiger partial charge >= 0.3 is 0 Å². The van der Waals surface area contributed by atoms with Crippen molar-refractivity contribution in [1.29, 1.82) is 0 Å². The summed E-state index contributed by atoms with van der Waals surface area (Å²) in [5.41, 5.74) is 4.07.